The number of aromatic nitrogens is 3. The second kappa shape index (κ2) is 4.89. The maximum absolute atomic E-state index is 6.04. The van der Waals surface area contributed by atoms with Crippen LogP contribution >= 0.6 is 0 Å². The summed E-state index contributed by atoms with van der Waals surface area (Å²) in [6.45, 7) is 2.71. The van der Waals surface area contributed by atoms with Gasteiger partial charge in [0.1, 0.15) is 5.65 Å². The third-order valence-corrected chi connectivity index (χ3v) is 4.02. The fourth-order valence-corrected chi connectivity index (χ4v) is 2.91. The van der Waals surface area contributed by atoms with Crippen molar-refractivity contribution in [2.45, 2.75) is 6.42 Å². The largest absolute Gasteiger partial charge is 0.489 e. The van der Waals surface area contributed by atoms with E-state index < -0.39 is 0 Å². The summed E-state index contributed by atoms with van der Waals surface area (Å²) in [5, 5.41) is 5.33. The molecular formula is C15H17N5O. The Morgan fingerprint density at radius 1 is 1.38 bits per heavy atom. The summed E-state index contributed by atoms with van der Waals surface area (Å²) >= 11 is 0. The average Bonchev–Trinajstić information content (AvgIpc) is 3.13. The van der Waals surface area contributed by atoms with Gasteiger partial charge in [-0.2, -0.15) is 0 Å². The SMILES string of the molecule is Nc1ncc2[nH]c3ncccc3c2c1OCC1CCNC1. The smallest absolute Gasteiger partial charge is 0.171 e. The molecule has 3 aromatic heterocycles. The number of aromatic amines is 1. The van der Waals surface area contributed by atoms with Crippen LogP contribution in [0.3, 0.4) is 0 Å². The quantitative estimate of drug-likeness (QED) is 0.680. The normalized spacial score (nSPS) is 18.6. The van der Waals surface area contributed by atoms with E-state index in [0.717, 1.165) is 41.4 Å². The van der Waals surface area contributed by atoms with E-state index in [1.807, 2.05) is 12.1 Å². The first-order valence-corrected chi connectivity index (χ1v) is 7.17. The molecule has 4 rings (SSSR count). The Balaban J connectivity index is 1.79. The van der Waals surface area contributed by atoms with Crippen LogP contribution in [0.4, 0.5) is 5.82 Å². The molecule has 0 radical (unpaired) electrons. The molecule has 21 heavy (non-hydrogen) atoms. The minimum absolute atomic E-state index is 0.429. The van der Waals surface area contributed by atoms with Crippen LogP contribution < -0.4 is 15.8 Å². The van der Waals surface area contributed by atoms with E-state index in [4.69, 9.17) is 10.5 Å². The zero-order valence-electron chi connectivity index (χ0n) is 11.6. The highest BCUT2D eigenvalue weighted by Gasteiger charge is 2.18. The van der Waals surface area contributed by atoms with E-state index in [1.165, 1.54) is 0 Å². The minimum atomic E-state index is 0.429. The number of anilines is 1. The first-order valence-electron chi connectivity index (χ1n) is 7.17. The van der Waals surface area contributed by atoms with Crippen molar-refractivity contribution in [3.8, 4) is 5.75 Å². The van der Waals surface area contributed by atoms with Crippen molar-refractivity contribution in [1.29, 1.82) is 0 Å². The monoisotopic (exact) mass is 283 g/mol. The number of hydrogen-bond donors (Lipinski definition) is 3. The van der Waals surface area contributed by atoms with Gasteiger partial charge in [-0.25, -0.2) is 9.97 Å². The number of nitrogen functional groups attached to an aromatic ring is 1. The fourth-order valence-electron chi connectivity index (χ4n) is 2.91. The van der Waals surface area contributed by atoms with Crippen LogP contribution in [-0.4, -0.2) is 34.6 Å². The Bertz CT molecular complexity index is 791. The molecule has 4 N–H and O–H groups in total. The predicted octanol–water partition coefficient (Wildman–Crippen LogP) is 1.68. The molecule has 6 nitrogen and oxygen atoms in total. The highest BCUT2D eigenvalue weighted by molar-refractivity contribution is 6.10. The number of nitrogens with zero attached hydrogens (tertiary/aromatic N) is 2. The molecule has 1 saturated heterocycles. The van der Waals surface area contributed by atoms with Crippen molar-refractivity contribution in [3.63, 3.8) is 0 Å². The van der Waals surface area contributed by atoms with Crippen LogP contribution in [0.1, 0.15) is 6.42 Å². The molecule has 0 saturated carbocycles. The van der Waals surface area contributed by atoms with Gasteiger partial charge in [0, 0.05) is 24.0 Å². The molecule has 0 bridgehead atoms. The van der Waals surface area contributed by atoms with Gasteiger partial charge in [-0.3, -0.25) is 0 Å². The number of pyridine rings is 2. The standard InChI is InChI=1S/C15H17N5O/c16-14-13(21-8-9-3-5-17-6-9)12-10-2-1-4-18-15(10)20-11(12)7-19-14/h1-2,4,7,9,17H,3,5-6,8H2,(H2,16,19)(H,18,20). The van der Waals surface area contributed by atoms with Gasteiger partial charge in [0.05, 0.1) is 23.7 Å². The molecule has 0 aromatic carbocycles. The van der Waals surface area contributed by atoms with Crippen molar-refractivity contribution < 1.29 is 4.74 Å². The molecule has 6 heteroatoms. The maximum Gasteiger partial charge on any atom is 0.171 e. The summed E-state index contributed by atoms with van der Waals surface area (Å²) in [6, 6.07) is 3.93. The lowest BCUT2D eigenvalue weighted by molar-refractivity contribution is 0.263. The molecule has 1 unspecified atom stereocenters. The van der Waals surface area contributed by atoms with Crippen molar-refractivity contribution in [1.82, 2.24) is 20.3 Å². The highest BCUT2D eigenvalue weighted by atomic mass is 16.5. The molecule has 0 amide bonds. The van der Waals surface area contributed by atoms with Gasteiger partial charge in [-0.1, -0.05) is 0 Å². The van der Waals surface area contributed by atoms with E-state index in [9.17, 15) is 0 Å². The Hall–Kier alpha value is -2.34. The van der Waals surface area contributed by atoms with Crippen LogP contribution in [0.25, 0.3) is 21.9 Å². The third-order valence-electron chi connectivity index (χ3n) is 4.02. The van der Waals surface area contributed by atoms with Gasteiger partial charge < -0.3 is 20.8 Å². The van der Waals surface area contributed by atoms with Crippen molar-refractivity contribution in [2.75, 3.05) is 25.4 Å². The number of nitrogens with one attached hydrogen (secondary N) is 2. The summed E-state index contributed by atoms with van der Waals surface area (Å²) in [5.41, 5.74) is 7.76. The van der Waals surface area contributed by atoms with Crippen LogP contribution in [0.15, 0.2) is 24.5 Å². The number of ether oxygens (including phenoxy) is 1. The predicted molar refractivity (Wildman–Crippen MR) is 82.3 cm³/mol. The second-order valence-electron chi connectivity index (χ2n) is 5.46. The van der Waals surface area contributed by atoms with Crippen LogP contribution in [0.2, 0.25) is 0 Å². The van der Waals surface area contributed by atoms with Gasteiger partial charge in [0.2, 0.25) is 0 Å². The first kappa shape index (κ1) is 12.4. The molecular weight excluding hydrogens is 266 g/mol. The number of nitrogens with two attached hydrogens (primary N) is 1. The zero-order valence-corrected chi connectivity index (χ0v) is 11.6. The molecule has 4 heterocycles. The number of hydrogen-bond acceptors (Lipinski definition) is 5. The topological polar surface area (TPSA) is 88.9 Å². The van der Waals surface area contributed by atoms with E-state index >= 15 is 0 Å². The summed E-state index contributed by atoms with van der Waals surface area (Å²) in [4.78, 5) is 11.8. The van der Waals surface area contributed by atoms with Crippen LogP contribution in [0.5, 0.6) is 5.75 Å². The Labute approximate surface area is 121 Å². The van der Waals surface area contributed by atoms with Crippen LogP contribution in [0, 0.1) is 5.92 Å². The van der Waals surface area contributed by atoms with Gasteiger partial charge in [-0.15, -0.1) is 0 Å². The van der Waals surface area contributed by atoms with Crippen molar-refractivity contribution in [2.24, 2.45) is 5.92 Å². The third kappa shape index (κ3) is 2.08. The van der Waals surface area contributed by atoms with Gasteiger partial charge in [0.15, 0.2) is 11.6 Å². The minimum Gasteiger partial charge on any atom is -0.489 e. The molecule has 0 spiro atoms. The molecule has 3 aromatic rings. The molecule has 0 aliphatic carbocycles. The van der Waals surface area contributed by atoms with Gasteiger partial charge in [0.25, 0.3) is 0 Å². The lowest BCUT2D eigenvalue weighted by atomic mass is 10.1. The molecule has 1 aliphatic heterocycles. The second-order valence-corrected chi connectivity index (χ2v) is 5.46. The van der Waals surface area contributed by atoms with Crippen molar-refractivity contribution in [3.05, 3.63) is 24.5 Å². The number of H-pyrrole nitrogens is 1. The number of fused-ring (bicyclic) bond motifs is 3. The van der Waals surface area contributed by atoms with Gasteiger partial charge >= 0.3 is 0 Å². The summed E-state index contributed by atoms with van der Waals surface area (Å²) in [6.07, 6.45) is 4.63. The lowest BCUT2D eigenvalue weighted by Crippen LogP contribution is -2.16. The van der Waals surface area contributed by atoms with Gasteiger partial charge in [-0.05, 0) is 25.1 Å². The highest BCUT2D eigenvalue weighted by Crippen LogP contribution is 2.35. The van der Waals surface area contributed by atoms with Crippen molar-refractivity contribution >= 4 is 27.8 Å². The van der Waals surface area contributed by atoms with E-state index in [0.29, 0.717) is 24.1 Å². The summed E-state index contributed by atoms with van der Waals surface area (Å²) in [7, 11) is 0. The first-order chi connectivity index (χ1) is 10.3. The molecule has 1 aliphatic rings. The zero-order chi connectivity index (χ0) is 14.2. The molecule has 1 atom stereocenters. The van der Waals surface area contributed by atoms with Crippen LogP contribution in [-0.2, 0) is 0 Å². The van der Waals surface area contributed by atoms with E-state index in [-0.39, 0.29) is 0 Å². The Morgan fingerprint density at radius 3 is 3.19 bits per heavy atom. The lowest BCUT2D eigenvalue weighted by Gasteiger charge is -2.13. The summed E-state index contributed by atoms with van der Waals surface area (Å²) in [5.74, 6) is 1.62. The Kier molecular flexibility index (Phi) is 2.89. The number of rotatable bonds is 3. The molecule has 108 valence electrons. The molecule has 1 fully saturated rings. The maximum atomic E-state index is 6.04. The average molecular weight is 283 g/mol. The van der Waals surface area contributed by atoms with E-state index in [1.54, 1.807) is 12.4 Å². The Morgan fingerprint density at radius 2 is 2.33 bits per heavy atom. The summed E-state index contributed by atoms with van der Waals surface area (Å²) < 4.78 is 6.03. The van der Waals surface area contributed by atoms with E-state index in [2.05, 4.69) is 20.3 Å². The fraction of sp³-hybridized carbons (Fsp3) is 0.333.